The Bertz CT molecular complexity index is 369. The van der Waals surface area contributed by atoms with Crippen molar-refractivity contribution >= 4 is 5.97 Å². The van der Waals surface area contributed by atoms with Crippen LogP contribution in [0, 0.1) is 0 Å². The lowest BCUT2D eigenvalue weighted by Crippen LogP contribution is -2.19. The number of carbonyl (C=O) groups is 1. The molecule has 0 spiro atoms. The van der Waals surface area contributed by atoms with Gasteiger partial charge in [0, 0.05) is 19.6 Å². The van der Waals surface area contributed by atoms with Crippen LogP contribution >= 0.6 is 0 Å². The number of aliphatic hydroxyl groups excluding tert-OH is 1. The van der Waals surface area contributed by atoms with Crippen molar-refractivity contribution in [1.82, 2.24) is 5.32 Å². The predicted octanol–water partition coefficient (Wildman–Crippen LogP) is 0.161. The summed E-state index contributed by atoms with van der Waals surface area (Å²) in [4.78, 5) is 11.1. The third kappa shape index (κ3) is 5.77. The maximum absolute atomic E-state index is 11.1. The Morgan fingerprint density at radius 2 is 2.17 bits per heavy atom. The van der Waals surface area contributed by atoms with Crippen molar-refractivity contribution in [3.63, 3.8) is 0 Å². The van der Waals surface area contributed by atoms with Crippen LogP contribution in [0.5, 0.6) is 0 Å². The van der Waals surface area contributed by atoms with Crippen LogP contribution in [0.15, 0.2) is 24.3 Å². The van der Waals surface area contributed by atoms with Crippen molar-refractivity contribution < 1.29 is 14.6 Å². The molecule has 0 aliphatic heterocycles. The van der Waals surface area contributed by atoms with Crippen molar-refractivity contribution in [3.8, 4) is 0 Å². The second kappa shape index (κ2) is 8.63. The zero-order valence-electron chi connectivity index (χ0n) is 10.4. The SMILES string of the molecule is NCc1cccc(CNCCC(=O)OCCO)c1. The van der Waals surface area contributed by atoms with Gasteiger partial charge in [-0.2, -0.15) is 0 Å². The standard InChI is InChI=1S/C13H20N2O3/c14-9-11-2-1-3-12(8-11)10-15-5-4-13(17)18-7-6-16/h1-3,8,15-16H,4-7,9-10,14H2. The molecule has 100 valence electrons. The molecule has 0 saturated heterocycles. The Kier molecular flexibility index (Phi) is 7.01. The first-order chi connectivity index (χ1) is 8.76. The maximum Gasteiger partial charge on any atom is 0.307 e. The fourth-order valence-electron chi connectivity index (χ4n) is 1.52. The normalized spacial score (nSPS) is 10.3. The number of nitrogens with one attached hydrogen (secondary N) is 1. The van der Waals surface area contributed by atoms with Gasteiger partial charge in [-0.25, -0.2) is 0 Å². The molecule has 1 rings (SSSR count). The van der Waals surface area contributed by atoms with Crippen molar-refractivity contribution in [2.24, 2.45) is 5.73 Å². The van der Waals surface area contributed by atoms with E-state index in [0.717, 1.165) is 11.1 Å². The number of esters is 1. The lowest BCUT2D eigenvalue weighted by molar-refractivity contribution is -0.144. The van der Waals surface area contributed by atoms with Gasteiger partial charge in [0.1, 0.15) is 6.61 Å². The fraction of sp³-hybridized carbons (Fsp3) is 0.462. The minimum absolute atomic E-state index is 0.0668. The molecule has 5 heteroatoms. The number of hydrogen-bond acceptors (Lipinski definition) is 5. The molecule has 18 heavy (non-hydrogen) atoms. The molecule has 0 unspecified atom stereocenters. The van der Waals surface area contributed by atoms with Crippen LogP contribution < -0.4 is 11.1 Å². The molecule has 0 amide bonds. The van der Waals surface area contributed by atoms with Gasteiger partial charge in [0.05, 0.1) is 13.0 Å². The number of aliphatic hydroxyl groups is 1. The van der Waals surface area contributed by atoms with Gasteiger partial charge in [-0.1, -0.05) is 24.3 Å². The smallest absolute Gasteiger partial charge is 0.307 e. The summed E-state index contributed by atoms with van der Waals surface area (Å²) in [5, 5.41) is 11.6. The van der Waals surface area contributed by atoms with E-state index in [-0.39, 0.29) is 19.2 Å². The number of ether oxygens (including phenoxy) is 1. The Balaban J connectivity index is 2.19. The molecule has 0 saturated carbocycles. The molecule has 0 atom stereocenters. The summed E-state index contributed by atoms with van der Waals surface area (Å²) in [6, 6.07) is 8.00. The predicted molar refractivity (Wildman–Crippen MR) is 68.7 cm³/mol. The van der Waals surface area contributed by atoms with Gasteiger partial charge in [0.2, 0.25) is 0 Å². The summed E-state index contributed by atoms with van der Waals surface area (Å²) in [5.41, 5.74) is 7.79. The minimum Gasteiger partial charge on any atom is -0.463 e. The highest BCUT2D eigenvalue weighted by molar-refractivity contribution is 5.69. The Labute approximate surface area is 107 Å². The number of rotatable bonds is 8. The molecule has 0 aliphatic carbocycles. The van der Waals surface area contributed by atoms with E-state index in [1.807, 2.05) is 24.3 Å². The highest BCUT2D eigenvalue weighted by atomic mass is 16.5. The highest BCUT2D eigenvalue weighted by Crippen LogP contribution is 2.04. The number of nitrogens with two attached hydrogens (primary N) is 1. The van der Waals surface area contributed by atoms with Crippen LogP contribution in [0.1, 0.15) is 17.5 Å². The molecule has 0 aliphatic rings. The zero-order valence-corrected chi connectivity index (χ0v) is 10.4. The van der Waals surface area contributed by atoms with Crippen molar-refractivity contribution in [3.05, 3.63) is 35.4 Å². The molecular formula is C13H20N2O3. The van der Waals surface area contributed by atoms with E-state index in [1.54, 1.807) is 0 Å². The molecule has 0 bridgehead atoms. The van der Waals surface area contributed by atoms with Crippen LogP contribution in [0.4, 0.5) is 0 Å². The summed E-state index contributed by atoms with van der Waals surface area (Å²) in [6.45, 7) is 1.71. The number of benzene rings is 1. The van der Waals surface area contributed by atoms with Gasteiger partial charge >= 0.3 is 5.97 Å². The topological polar surface area (TPSA) is 84.6 Å². The molecule has 0 radical (unpaired) electrons. The molecular weight excluding hydrogens is 232 g/mol. The van der Waals surface area contributed by atoms with E-state index in [4.69, 9.17) is 15.6 Å². The molecule has 0 aromatic heterocycles. The van der Waals surface area contributed by atoms with Crippen LogP contribution in [0.25, 0.3) is 0 Å². The fourth-order valence-corrected chi connectivity index (χ4v) is 1.52. The average Bonchev–Trinajstić information content (AvgIpc) is 2.41. The van der Waals surface area contributed by atoms with E-state index in [9.17, 15) is 4.79 Å². The first kappa shape index (κ1) is 14.6. The first-order valence-corrected chi connectivity index (χ1v) is 6.01. The average molecular weight is 252 g/mol. The minimum atomic E-state index is -0.299. The molecule has 0 fully saturated rings. The van der Waals surface area contributed by atoms with Crippen molar-refractivity contribution in [2.75, 3.05) is 19.8 Å². The van der Waals surface area contributed by atoms with Gasteiger partial charge in [0.15, 0.2) is 0 Å². The van der Waals surface area contributed by atoms with Crippen molar-refractivity contribution in [1.29, 1.82) is 0 Å². The van der Waals surface area contributed by atoms with Gasteiger partial charge in [-0.05, 0) is 11.1 Å². The molecule has 5 nitrogen and oxygen atoms in total. The Morgan fingerprint density at radius 3 is 2.89 bits per heavy atom. The largest absolute Gasteiger partial charge is 0.463 e. The second-order valence-corrected chi connectivity index (χ2v) is 3.89. The van der Waals surface area contributed by atoms with Crippen LogP contribution in [-0.2, 0) is 22.6 Å². The third-order valence-electron chi connectivity index (χ3n) is 2.42. The Morgan fingerprint density at radius 1 is 1.39 bits per heavy atom. The van der Waals surface area contributed by atoms with E-state index in [1.165, 1.54) is 0 Å². The first-order valence-electron chi connectivity index (χ1n) is 6.01. The number of carbonyl (C=O) groups excluding carboxylic acids is 1. The van der Waals surface area contributed by atoms with Crippen LogP contribution in [0.3, 0.4) is 0 Å². The molecule has 1 aromatic carbocycles. The quantitative estimate of drug-likeness (QED) is 0.453. The summed E-state index contributed by atoms with van der Waals surface area (Å²) in [7, 11) is 0. The van der Waals surface area contributed by atoms with Gasteiger partial charge in [-0.3, -0.25) is 4.79 Å². The van der Waals surface area contributed by atoms with E-state index in [0.29, 0.717) is 26.1 Å². The van der Waals surface area contributed by atoms with Gasteiger partial charge in [-0.15, -0.1) is 0 Å². The monoisotopic (exact) mass is 252 g/mol. The Hall–Kier alpha value is -1.43. The second-order valence-electron chi connectivity index (χ2n) is 3.89. The van der Waals surface area contributed by atoms with Crippen LogP contribution in [0.2, 0.25) is 0 Å². The number of hydrogen-bond donors (Lipinski definition) is 3. The van der Waals surface area contributed by atoms with Crippen LogP contribution in [-0.4, -0.2) is 30.8 Å². The lowest BCUT2D eigenvalue weighted by Gasteiger charge is -2.06. The molecule has 4 N–H and O–H groups in total. The van der Waals surface area contributed by atoms with E-state index < -0.39 is 0 Å². The van der Waals surface area contributed by atoms with Gasteiger partial charge < -0.3 is 20.9 Å². The molecule has 0 heterocycles. The maximum atomic E-state index is 11.1. The summed E-state index contributed by atoms with van der Waals surface area (Å²) >= 11 is 0. The summed E-state index contributed by atoms with van der Waals surface area (Å²) < 4.78 is 4.73. The summed E-state index contributed by atoms with van der Waals surface area (Å²) in [6.07, 6.45) is 0.302. The highest BCUT2D eigenvalue weighted by Gasteiger charge is 2.01. The van der Waals surface area contributed by atoms with Crippen molar-refractivity contribution in [2.45, 2.75) is 19.5 Å². The summed E-state index contributed by atoms with van der Waals surface area (Å²) in [5.74, 6) is -0.299. The zero-order chi connectivity index (χ0) is 13.2. The molecule has 1 aromatic rings. The third-order valence-corrected chi connectivity index (χ3v) is 2.42. The lowest BCUT2D eigenvalue weighted by atomic mass is 10.1. The van der Waals surface area contributed by atoms with E-state index >= 15 is 0 Å². The van der Waals surface area contributed by atoms with E-state index in [2.05, 4.69) is 5.32 Å². The van der Waals surface area contributed by atoms with Gasteiger partial charge in [0.25, 0.3) is 0 Å².